The molecule has 122 valence electrons. The summed E-state index contributed by atoms with van der Waals surface area (Å²) in [7, 11) is 0. The molecule has 4 N–H and O–H groups in total. The van der Waals surface area contributed by atoms with Crippen LogP contribution in [0.4, 0.5) is 0 Å². The normalized spacial score (nSPS) is 12.8. The van der Waals surface area contributed by atoms with Crippen molar-refractivity contribution in [3.8, 4) is 0 Å². The van der Waals surface area contributed by atoms with Gasteiger partial charge in [-0.25, -0.2) is 0 Å². The number of carboxylic acids is 1. The molecule has 0 amide bonds. The number of aliphatic hydroxyl groups excluding tert-OH is 3. The van der Waals surface area contributed by atoms with Crippen LogP contribution in [0.3, 0.4) is 0 Å². The maximum atomic E-state index is 10.3. The van der Waals surface area contributed by atoms with Crippen LogP contribution in [0.1, 0.15) is 53.4 Å². The van der Waals surface area contributed by atoms with Crippen LogP contribution in [0.5, 0.6) is 0 Å². The lowest BCUT2D eigenvalue weighted by molar-refractivity contribution is -0.138. The second-order valence-corrected chi connectivity index (χ2v) is 6.56. The van der Waals surface area contributed by atoms with E-state index in [0.717, 1.165) is 6.42 Å². The van der Waals surface area contributed by atoms with Gasteiger partial charge < -0.3 is 20.4 Å². The SMILES string of the molecule is CC(CC(=O)O)CC(C)(C)C.OCCCC(CO)CO. The zero-order valence-electron chi connectivity index (χ0n) is 13.3. The van der Waals surface area contributed by atoms with E-state index in [9.17, 15) is 4.79 Å². The van der Waals surface area contributed by atoms with E-state index >= 15 is 0 Å². The number of aliphatic carboxylic acids is 1. The number of rotatable bonds is 8. The molecule has 0 aromatic rings. The topological polar surface area (TPSA) is 98.0 Å². The van der Waals surface area contributed by atoms with Crippen molar-refractivity contribution in [3.05, 3.63) is 0 Å². The van der Waals surface area contributed by atoms with Crippen LogP contribution in [-0.4, -0.2) is 46.2 Å². The number of carboxylic acid groups (broad SMARTS) is 1. The van der Waals surface area contributed by atoms with Gasteiger partial charge in [0.1, 0.15) is 0 Å². The molecule has 20 heavy (non-hydrogen) atoms. The molecule has 0 aliphatic carbocycles. The van der Waals surface area contributed by atoms with Crippen LogP contribution < -0.4 is 0 Å². The molecular formula is C15H32O5. The Labute approximate surface area is 122 Å². The van der Waals surface area contributed by atoms with Crippen molar-refractivity contribution in [1.82, 2.24) is 0 Å². The third-order valence-electron chi connectivity index (χ3n) is 2.77. The monoisotopic (exact) mass is 292 g/mol. The Morgan fingerprint density at radius 2 is 1.60 bits per heavy atom. The first-order chi connectivity index (χ1) is 9.16. The molecule has 0 saturated carbocycles. The van der Waals surface area contributed by atoms with E-state index in [1.165, 1.54) is 0 Å². The zero-order valence-corrected chi connectivity index (χ0v) is 13.3. The number of hydrogen-bond donors (Lipinski definition) is 4. The lowest BCUT2D eigenvalue weighted by atomic mass is 9.84. The predicted octanol–water partition coefficient (Wildman–Crippen LogP) is 1.89. The summed E-state index contributed by atoms with van der Waals surface area (Å²) in [4.78, 5) is 10.3. The minimum atomic E-state index is -0.693. The van der Waals surface area contributed by atoms with Crippen molar-refractivity contribution in [1.29, 1.82) is 0 Å². The van der Waals surface area contributed by atoms with Gasteiger partial charge in [0.15, 0.2) is 0 Å². The molecule has 0 aliphatic heterocycles. The van der Waals surface area contributed by atoms with Crippen molar-refractivity contribution < 1.29 is 25.2 Å². The highest BCUT2D eigenvalue weighted by Crippen LogP contribution is 2.25. The largest absolute Gasteiger partial charge is 0.481 e. The maximum absolute atomic E-state index is 10.3. The molecule has 5 nitrogen and oxygen atoms in total. The quantitative estimate of drug-likeness (QED) is 0.547. The Balaban J connectivity index is 0. The first-order valence-corrected chi connectivity index (χ1v) is 7.20. The van der Waals surface area contributed by atoms with E-state index in [1.807, 2.05) is 6.92 Å². The van der Waals surface area contributed by atoms with E-state index in [4.69, 9.17) is 20.4 Å². The standard InChI is InChI=1S/C9H18O2.C6H14O3/c1-7(5-8(10)11)6-9(2,3)4;7-3-1-2-6(4-8)5-9/h7H,5-6H2,1-4H3,(H,10,11);6-9H,1-5H2. The predicted molar refractivity (Wildman–Crippen MR) is 79.5 cm³/mol. The number of carbonyl (C=O) groups is 1. The van der Waals surface area contributed by atoms with E-state index in [1.54, 1.807) is 0 Å². The third-order valence-corrected chi connectivity index (χ3v) is 2.77. The van der Waals surface area contributed by atoms with Crippen LogP contribution in [0, 0.1) is 17.3 Å². The van der Waals surface area contributed by atoms with Gasteiger partial charge in [-0.05, 0) is 30.6 Å². The summed E-state index contributed by atoms with van der Waals surface area (Å²) >= 11 is 0. The molecule has 0 bridgehead atoms. The van der Waals surface area contributed by atoms with Gasteiger partial charge in [0.05, 0.1) is 0 Å². The Morgan fingerprint density at radius 1 is 1.10 bits per heavy atom. The Bertz CT molecular complexity index is 231. The molecule has 0 heterocycles. The molecular weight excluding hydrogens is 260 g/mol. The fraction of sp³-hybridized carbons (Fsp3) is 0.933. The highest BCUT2D eigenvalue weighted by Gasteiger charge is 2.16. The Kier molecular flexibility index (Phi) is 13.1. The van der Waals surface area contributed by atoms with Crippen molar-refractivity contribution in [2.45, 2.75) is 53.4 Å². The van der Waals surface area contributed by atoms with Gasteiger partial charge in [-0.15, -0.1) is 0 Å². The average molecular weight is 292 g/mol. The van der Waals surface area contributed by atoms with E-state index in [2.05, 4.69) is 20.8 Å². The van der Waals surface area contributed by atoms with Crippen LogP contribution in [0.25, 0.3) is 0 Å². The molecule has 0 saturated heterocycles. The van der Waals surface area contributed by atoms with Gasteiger partial charge in [0, 0.05) is 32.2 Å². The lowest BCUT2D eigenvalue weighted by Crippen LogP contribution is -2.13. The first kappa shape index (κ1) is 21.6. The van der Waals surface area contributed by atoms with Gasteiger partial charge in [-0.3, -0.25) is 4.79 Å². The minimum Gasteiger partial charge on any atom is -0.481 e. The van der Waals surface area contributed by atoms with Crippen molar-refractivity contribution in [2.75, 3.05) is 19.8 Å². The Hall–Kier alpha value is -0.650. The summed E-state index contributed by atoms with van der Waals surface area (Å²) in [5.74, 6) is -0.452. The molecule has 0 aromatic heterocycles. The van der Waals surface area contributed by atoms with Gasteiger partial charge in [0.2, 0.25) is 0 Å². The molecule has 0 rings (SSSR count). The average Bonchev–Trinajstić information content (AvgIpc) is 2.27. The smallest absolute Gasteiger partial charge is 0.303 e. The summed E-state index contributed by atoms with van der Waals surface area (Å²) < 4.78 is 0. The number of hydrogen-bond acceptors (Lipinski definition) is 4. The van der Waals surface area contributed by atoms with Gasteiger partial charge in [0.25, 0.3) is 0 Å². The number of aliphatic hydroxyl groups is 3. The molecule has 0 aromatic carbocycles. The second kappa shape index (κ2) is 12.1. The van der Waals surface area contributed by atoms with Crippen LogP contribution >= 0.6 is 0 Å². The van der Waals surface area contributed by atoms with Crippen molar-refractivity contribution in [2.24, 2.45) is 17.3 Å². The van der Waals surface area contributed by atoms with E-state index in [-0.39, 0.29) is 43.5 Å². The molecule has 5 heteroatoms. The second-order valence-electron chi connectivity index (χ2n) is 6.56. The highest BCUT2D eigenvalue weighted by molar-refractivity contribution is 5.66. The first-order valence-electron chi connectivity index (χ1n) is 7.20. The summed E-state index contributed by atoms with van der Waals surface area (Å²) in [6.45, 7) is 8.53. The van der Waals surface area contributed by atoms with Crippen LogP contribution in [-0.2, 0) is 4.79 Å². The highest BCUT2D eigenvalue weighted by atomic mass is 16.4. The lowest BCUT2D eigenvalue weighted by Gasteiger charge is -2.21. The third kappa shape index (κ3) is 17.4. The summed E-state index contributed by atoms with van der Waals surface area (Å²) in [6, 6.07) is 0. The summed E-state index contributed by atoms with van der Waals surface area (Å²) in [5.41, 5.74) is 0.245. The van der Waals surface area contributed by atoms with Crippen LogP contribution in [0.2, 0.25) is 0 Å². The van der Waals surface area contributed by atoms with Gasteiger partial charge in [-0.2, -0.15) is 0 Å². The van der Waals surface area contributed by atoms with Crippen molar-refractivity contribution >= 4 is 5.97 Å². The van der Waals surface area contributed by atoms with Gasteiger partial charge >= 0.3 is 5.97 Å². The molecule has 0 radical (unpaired) electrons. The molecule has 0 fully saturated rings. The van der Waals surface area contributed by atoms with Crippen LogP contribution in [0.15, 0.2) is 0 Å². The summed E-state index contributed by atoms with van der Waals surface area (Å²) in [5, 5.41) is 33.8. The fourth-order valence-electron chi connectivity index (χ4n) is 2.04. The minimum absolute atomic E-state index is 0.0104. The van der Waals surface area contributed by atoms with Gasteiger partial charge in [-0.1, -0.05) is 27.7 Å². The molecule has 0 aliphatic rings. The molecule has 0 spiro atoms. The zero-order chi connectivity index (χ0) is 16.2. The molecule has 1 atom stereocenters. The Morgan fingerprint density at radius 3 is 1.90 bits per heavy atom. The van der Waals surface area contributed by atoms with E-state index < -0.39 is 5.97 Å². The maximum Gasteiger partial charge on any atom is 0.303 e. The summed E-state index contributed by atoms with van der Waals surface area (Å²) in [6.07, 6.45) is 2.62. The van der Waals surface area contributed by atoms with Crippen molar-refractivity contribution in [3.63, 3.8) is 0 Å². The van der Waals surface area contributed by atoms with E-state index in [0.29, 0.717) is 12.8 Å². The molecule has 1 unspecified atom stereocenters. The fourth-order valence-corrected chi connectivity index (χ4v) is 2.04.